The highest BCUT2D eigenvalue weighted by Crippen LogP contribution is 2.45. The average molecular weight is 730 g/mol. The van der Waals surface area contributed by atoms with Gasteiger partial charge in [-0.15, -0.1) is 0 Å². The van der Waals surface area contributed by atoms with Crippen LogP contribution in [0.15, 0.2) is 72.8 Å². The summed E-state index contributed by atoms with van der Waals surface area (Å²) in [5.41, 5.74) is -2.45. The van der Waals surface area contributed by atoms with E-state index in [2.05, 4.69) is 0 Å². The first kappa shape index (κ1) is 36.6. The number of aryl methyl sites for hydroxylation is 1. The lowest BCUT2D eigenvalue weighted by Gasteiger charge is -2.24. The maximum absolute atomic E-state index is 14.0. The van der Waals surface area contributed by atoms with Crippen LogP contribution in [-0.2, 0) is 34.5 Å². The molecule has 1 amide bonds. The van der Waals surface area contributed by atoms with E-state index in [1.54, 1.807) is 31.2 Å². The lowest BCUT2D eigenvalue weighted by Crippen LogP contribution is -2.31. The number of ether oxygens (including phenoxy) is 2. The van der Waals surface area contributed by atoms with E-state index in [1.165, 1.54) is 26.2 Å². The summed E-state index contributed by atoms with van der Waals surface area (Å²) in [7, 11) is 1.23. The third-order valence-electron chi connectivity index (χ3n) is 8.29. The van der Waals surface area contributed by atoms with Crippen LogP contribution in [0.2, 0.25) is 5.02 Å². The Morgan fingerprint density at radius 1 is 0.780 bits per heavy atom. The molecule has 0 aromatic heterocycles. The van der Waals surface area contributed by atoms with Gasteiger partial charge in [-0.25, -0.2) is 9.59 Å². The normalized spacial score (nSPS) is 16.8. The summed E-state index contributed by atoms with van der Waals surface area (Å²) < 4.78 is 133. The number of cyclic esters (lactones) is 1. The Morgan fingerprint density at radius 2 is 1.38 bits per heavy atom. The number of halogens is 10. The molecule has 0 radical (unpaired) electrons. The maximum Gasteiger partial charge on any atom is 0.416 e. The van der Waals surface area contributed by atoms with Gasteiger partial charge in [-0.1, -0.05) is 29.8 Å². The van der Waals surface area contributed by atoms with Crippen molar-refractivity contribution in [2.24, 2.45) is 0 Å². The van der Waals surface area contributed by atoms with Gasteiger partial charge in [-0.3, -0.25) is 4.90 Å². The Morgan fingerprint density at radius 3 is 1.94 bits per heavy atom. The lowest BCUT2D eigenvalue weighted by molar-refractivity contribution is -0.143. The Balaban J connectivity index is 1.58. The summed E-state index contributed by atoms with van der Waals surface area (Å²) in [6.07, 6.45) is -17.7. The van der Waals surface area contributed by atoms with Crippen LogP contribution in [0.5, 0.6) is 0 Å². The number of nitrogens with zero attached hydrogens (tertiary/aromatic N) is 1. The van der Waals surface area contributed by atoms with Gasteiger partial charge in [0.2, 0.25) is 0 Å². The topological polar surface area (TPSA) is 55.8 Å². The summed E-state index contributed by atoms with van der Waals surface area (Å²) in [6, 6.07) is 11.9. The summed E-state index contributed by atoms with van der Waals surface area (Å²) in [6.45, 7) is 2.31. The minimum absolute atomic E-state index is 0.0558. The van der Waals surface area contributed by atoms with Gasteiger partial charge in [-0.05, 0) is 96.3 Å². The highest BCUT2D eigenvalue weighted by molar-refractivity contribution is 6.33. The van der Waals surface area contributed by atoms with E-state index in [1.807, 2.05) is 0 Å². The van der Waals surface area contributed by atoms with Gasteiger partial charge in [0.15, 0.2) is 0 Å². The van der Waals surface area contributed by atoms with E-state index in [0.717, 1.165) is 23.1 Å². The molecule has 4 aromatic carbocycles. The van der Waals surface area contributed by atoms with Crippen LogP contribution in [0.4, 0.5) is 44.3 Å². The molecule has 0 unspecified atom stereocenters. The minimum Gasteiger partial charge on any atom is -0.465 e. The highest BCUT2D eigenvalue weighted by Gasteiger charge is 2.43. The van der Waals surface area contributed by atoms with Gasteiger partial charge in [-0.2, -0.15) is 39.5 Å². The van der Waals surface area contributed by atoms with Crippen LogP contribution >= 0.6 is 11.6 Å². The first-order chi connectivity index (χ1) is 23.2. The maximum atomic E-state index is 14.0. The monoisotopic (exact) mass is 729 g/mol. The summed E-state index contributed by atoms with van der Waals surface area (Å²) in [4.78, 5) is 25.9. The third-order valence-corrected chi connectivity index (χ3v) is 8.62. The molecule has 5 nitrogen and oxygen atoms in total. The quantitative estimate of drug-likeness (QED) is 0.146. The number of amides is 1. The number of hydrogen-bond donors (Lipinski definition) is 0. The minimum atomic E-state index is -5.14. The molecule has 50 heavy (non-hydrogen) atoms. The zero-order chi connectivity index (χ0) is 36.9. The van der Waals surface area contributed by atoms with E-state index in [4.69, 9.17) is 21.1 Å². The SMILES string of the molecule is COC(=O)c1ccc(-c2ccc(Cl)c(-c3ccc(C(F)(F)F)cc3[C@H]3OC(=O)N(Cc4cc(C(F)(F)F)cc(C(F)(F)F)c4)[C@@H]3C)c2)c(C)c1. The van der Waals surface area contributed by atoms with E-state index in [0.29, 0.717) is 28.8 Å². The van der Waals surface area contributed by atoms with Crippen molar-refractivity contribution in [2.45, 2.75) is 51.1 Å². The van der Waals surface area contributed by atoms with Crippen LogP contribution in [0, 0.1) is 6.92 Å². The number of carbonyl (C=O) groups is 2. The molecule has 4 aromatic rings. The molecule has 1 aliphatic heterocycles. The second-order valence-corrected chi connectivity index (χ2v) is 12.0. The van der Waals surface area contributed by atoms with E-state index in [9.17, 15) is 49.1 Å². The number of hydrogen-bond acceptors (Lipinski definition) is 4. The zero-order valence-corrected chi connectivity index (χ0v) is 26.9. The van der Waals surface area contributed by atoms with Crippen molar-refractivity contribution in [1.29, 1.82) is 0 Å². The highest BCUT2D eigenvalue weighted by atomic mass is 35.5. The van der Waals surface area contributed by atoms with Crippen LogP contribution in [0.25, 0.3) is 22.3 Å². The first-order valence-electron chi connectivity index (χ1n) is 14.6. The standard InChI is InChI=1S/C35H25ClF9NO4/c1-17-10-21(31(47)49-3)4-7-25(17)20-5-9-29(36)27(13-20)26-8-6-22(33(37,38)39)15-28(26)30-18(2)46(32(48)50-30)16-19-11-23(34(40,41)42)14-24(12-19)35(43,44)45/h4-15,18,30H,16H2,1-3H3/t18-,30+/m1/s1. The van der Waals surface area contributed by atoms with Crippen LogP contribution < -0.4 is 0 Å². The molecule has 2 atom stereocenters. The molecule has 1 aliphatic rings. The zero-order valence-electron chi connectivity index (χ0n) is 26.1. The molecule has 1 saturated heterocycles. The van der Waals surface area contributed by atoms with Crippen LogP contribution in [0.1, 0.15) is 56.8 Å². The van der Waals surface area contributed by atoms with Gasteiger partial charge in [0.1, 0.15) is 6.10 Å². The summed E-state index contributed by atoms with van der Waals surface area (Å²) in [5, 5.41) is 0.107. The van der Waals surface area contributed by atoms with Crippen LogP contribution in [-0.4, -0.2) is 30.1 Å². The van der Waals surface area contributed by atoms with E-state index in [-0.39, 0.29) is 33.3 Å². The molecule has 15 heteroatoms. The summed E-state index contributed by atoms with van der Waals surface area (Å²) >= 11 is 6.57. The van der Waals surface area contributed by atoms with Crippen molar-refractivity contribution >= 4 is 23.7 Å². The van der Waals surface area contributed by atoms with Crippen molar-refractivity contribution in [1.82, 2.24) is 4.90 Å². The number of methoxy groups -OCH3 is 1. The van der Waals surface area contributed by atoms with Gasteiger partial charge < -0.3 is 9.47 Å². The largest absolute Gasteiger partial charge is 0.465 e. The van der Waals surface area contributed by atoms with Crippen molar-refractivity contribution in [3.63, 3.8) is 0 Å². The molecule has 0 N–H and O–H groups in total. The third kappa shape index (κ3) is 7.40. The second kappa shape index (κ2) is 13.2. The summed E-state index contributed by atoms with van der Waals surface area (Å²) in [5.74, 6) is -0.561. The molecule has 0 bridgehead atoms. The molecule has 5 rings (SSSR count). The molecule has 264 valence electrons. The number of alkyl halides is 9. The van der Waals surface area contributed by atoms with Crippen molar-refractivity contribution < 1.29 is 58.6 Å². The molecular formula is C35H25ClF9NO4. The number of carbonyl (C=O) groups excluding carboxylic acids is 2. The molecule has 0 aliphatic carbocycles. The predicted octanol–water partition coefficient (Wildman–Crippen LogP) is 10.9. The fourth-order valence-corrected chi connectivity index (χ4v) is 6.01. The van der Waals surface area contributed by atoms with E-state index < -0.39 is 71.5 Å². The van der Waals surface area contributed by atoms with Gasteiger partial charge in [0.25, 0.3) is 0 Å². The molecular weight excluding hydrogens is 705 g/mol. The molecule has 1 heterocycles. The Kier molecular flexibility index (Phi) is 9.65. The molecule has 1 fully saturated rings. The Labute approximate surface area is 284 Å². The van der Waals surface area contributed by atoms with Crippen molar-refractivity contribution in [3.05, 3.63) is 117 Å². The Hall–Kier alpha value is -4.72. The van der Waals surface area contributed by atoms with Crippen molar-refractivity contribution in [2.75, 3.05) is 7.11 Å². The second-order valence-electron chi connectivity index (χ2n) is 11.6. The average Bonchev–Trinajstić information content (AvgIpc) is 3.31. The number of rotatable bonds is 6. The first-order valence-corrected chi connectivity index (χ1v) is 15.0. The predicted molar refractivity (Wildman–Crippen MR) is 164 cm³/mol. The van der Waals surface area contributed by atoms with Gasteiger partial charge in [0, 0.05) is 22.7 Å². The number of esters is 1. The van der Waals surface area contributed by atoms with Gasteiger partial charge in [0.05, 0.1) is 35.4 Å². The smallest absolute Gasteiger partial charge is 0.416 e. The number of benzene rings is 4. The molecule has 0 saturated carbocycles. The fourth-order valence-electron chi connectivity index (χ4n) is 5.80. The molecule has 0 spiro atoms. The fraction of sp³-hybridized carbons (Fsp3) is 0.257. The van der Waals surface area contributed by atoms with E-state index >= 15 is 0 Å². The van der Waals surface area contributed by atoms with Crippen molar-refractivity contribution in [3.8, 4) is 22.3 Å². The lowest BCUT2D eigenvalue weighted by atomic mass is 9.89. The Bertz CT molecular complexity index is 1940. The van der Waals surface area contributed by atoms with Crippen LogP contribution in [0.3, 0.4) is 0 Å². The van der Waals surface area contributed by atoms with Gasteiger partial charge >= 0.3 is 30.6 Å².